The first-order chi connectivity index (χ1) is 8.61. The van der Waals surface area contributed by atoms with Crippen molar-refractivity contribution in [2.75, 3.05) is 5.32 Å². The molecule has 0 aliphatic rings. The quantitative estimate of drug-likeness (QED) is 0.876. The summed E-state index contributed by atoms with van der Waals surface area (Å²) in [6.45, 7) is 4.20. The Morgan fingerprint density at radius 3 is 2.72 bits per heavy atom. The largest absolute Gasteiger partial charge is 0.377 e. The van der Waals surface area contributed by atoms with Crippen LogP contribution in [0.5, 0.6) is 0 Å². The van der Waals surface area contributed by atoms with Gasteiger partial charge >= 0.3 is 0 Å². The maximum Gasteiger partial charge on any atom is 0.103 e. The first-order valence-corrected chi connectivity index (χ1v) is 7.24. The Kier molecular flexibility index (Phi) is 4.05. The summed E-state index contributed by atoms with van der Waals surface area (Å²) in [4.78, 5) is 2.57. The lowest BCUT2D eigenvalue weighted by atomic mass is 10.1. The normalized spacial score (nSPS) is 11.9. The molecule has 18 heavy (non-hydrogen) atoms. The van der Waals surface area contributed by atoms with Gasteiger partial charge in [-0.3, -0.25) is 0 Å². The minimum atomic E-state index is 0.199. The summed E-state index contributed by atoms with van der Waals surface area (Å²) in [6, 6.07) is 12.4. The number of hydrogen-bond acceptors (Lipinski definition) is 3. The van der Waals surface area contributed by atoms with Crippen LogP contribution in [0.1, 0.15) is 28.3 Å². The summed E-state index contributed by atoms with van der Waals surface area (Å²) >= 11 is 5.17. The SMILES string of the molecule is Cc1ccc(C(C)Nc2cccc(Br)c2C#N)s1. The number of anilines is 1. The summed E-state index contributed by atoms with van der Waals surface area (Å²) in [5, 5.41) is 12.6. The lowest BCUT2D eigenvalue weighted by Gasteiger charge is -2.15. The number of aryl methyl sites for hydroxylation is 1. The third-order valence-corrected chi connectivity index (χ3v) is 4.53. The molecule has 1 atom stereocenters. The molecule has 0 saturated carbocycles. The molecule has 0 saturated heterocycles. The molecule has 1 aromatic heterocycles. The van der Waals surface area contributed by atoms with Crippen LogP contribution in [0.15, 0.2) is 34.8 Å². The minimum absolute atomic E-state index is 0.199. The Hall–Kier alpha value is -1.31. The van der Waals surface area contributed by atoms with E-state index in [2.05, 4.69) is 53.3 Å². The van der Waals surface area contributed by atoms with Crippen LogP contribution in [0.25, 0.3) is 0 Å². The van der Waals surface area contributed by atoms with Crippen molar-refractivity contribution in [3.8, 4) is 6.07 Å². The van der Waals surface area contributed by atoms with Crippen molar-refractivity contribution in [2.45, 2.75) is 19.9 Å². The zero-order chi connectivity index (χ0) is 13.1. The van der Waals surface area contributed by atoms with E-state index in [4.69, 9.17) is 5.26 Å². The molecule has 2 rings (SSSR count). The Bertz CT molecular complexity index is 598. The summed E-state index contributed by atoms with van der Waals surface area (Å²) in [6.07, 6.45) is 0. The second kappa shape index (κ2) is 5.55. The summed E-state index contributed by atoms with van der Waals surface area (Å²) in [7, 11) is 0. The first-order valence-electron chi connectivity index (χ1n) is 5.63. The lowest BCUT2D eigenvalue weighted by molar-refractivity contribution is 0.907. The van der Waals surface area contributed by atoms with Crippen LogP contribution in [-0.4, -0.2) is 0 Å². The van der Waals surface area contributed by atoms with Crippen molar-refractivity contribution in [1.29, 1.82) is 5.26 Å². The molecule has 2 aromatic rings. The van der Waals surface area contributed by atoms with Gasteiger partial charge in [0, 0.05) is 14.2 Å². The summed E-state index contributed by atoms with van der Waals surface area (Å²) < 4.78 is 0.824. The topological polar surface area (TPSA) is 35.8 Å². The van der Waals surface area contributed by atoms with Gasteiger partial charge in [-0.25, -0.2) is 0 Å². The van der Waals surface area contributed by atoms with E-state index in [1.165, 1.54) is 9.75 Å². The molecule has 0 bridgehead atoms. The average Bonchev–Trinajstić information content (AvgIpc) is 2.76. The molecular formula is C14H13BrN2S. The molecule has 0 amide bonds. The summed E-state index contributed by atoms with van der Waals surface area (Å²) in [5.74, 6) is 0. The van der Waals surface area contributed by atoms with Crippen LogP contribution in [0.2, 0.25) is 0 Å². The predicted molar refractivity (Wildman–Crippen MR) is 80.0 cm³/mol. The van der Waals surface area contributed by atoms with E-state index >= 15 is 0 Å². The fourth-order valence-corrected chi connectivity index (χ4v) is 3.08. The van der Waals surface area contributed by atoms with Gasteiger partial charge in [-0.15, -0.1) is 11.3 Å². The van der Waals surface area contributed by atoms with Crippen LogP contribution in [0.3, 0.4) is 0 Å². The zero-order valence-electron chi connectivity index (χ0n) is 10.2. The van der Waals surface area contributed by atoms with E-state index in [1.54, 1.807) is 11.3 Å². The zero-order valence-corrected chi connectivity index (χ0v) is 12.6. The maximum atomic E-state index is 9.17. The molecule has 0 fully saturated rings. The van der Waals surface area contributed by atoms with Crippen LogP contribution in [0, 0.1) is 18.3 Å². The predicted octanol–water partition coefficient (Wildman–Crippen LogP) is 4.86. The Labute approximate surface area is 119 Å². The number of hydrogen-bond donors (Lipinski definition) is 1. The molecule has 92 valence electrons. The van der Waals surface area contributed by atoms with Crippen molar-refractivity contribution in [3.63, 3.8) is 0 Å². The number of benzene rings is 1. The van der Waals surface area contributed by atoms with Crippen molar-refractivity contribution >= 4 is 33.0 Å². The highest BCUT2D eigenvalue weighted by Gasteiger charge is 2.11. The van der Waals surface area contributed by atoms with Gasteiger partial charge in [-0.05, 0) is 54.0 Å². The Morgan fingerprint density at radius 2 is 2.11 bits per heavy atom. The highest BCUT2D eigenvalue weighted by Crippen LogP contribution is 2.29. The van der Waals surface area contributed by atoms with Crippen LogP contribution >= 0.6 is 27.3 Å². The molecule has 1 aromatic carbocycles. The van der Waals surface area contributed by atoms with Crippen molar-refractivity contribution < 1.29 is 0 Å². The molecule has 0 aliphatic heterocycles. The van der Waals surface area contributed by atoms with Crippen LogP contribution in [-0.2, 0) is 0 Å². The number of nitrogens with zero attached hydrogens (tertiary/aromatic N) is 1. The molecule has 4 heteroatoms. The van der Waals surface area contributed by atoms with Gasteiger partial charge in [-0.1, -0.05) is 6.07 Å². The van der Waals surface area contributed by atoms with Gasteiger partial charge < -0.3 is 5.32 Å². The molecular weight excluding hydrogens is 308 g/mol. The summed E-state index contributed by atoms with van der Waals surface area (Å²) in [5.41, 5.74) is 1.52. The lowest BCUT2D eigenvalue weighted by Crippen LogP contribution is -2.06. The molecule has 1 unspecified atom stereocenters. The molecule has 0 radical (unpaired) electrons. The number of nitriles is 1. The molecule has 0 aliphatic carbocycles. The van der Waals surface area contributed by atoms with Crippen LogP contribution in [0.4, 0.5) is 5.69 Å². The van der Waals surface area contributed by atoms with Crippen molar-refractivity contribution in [3.05, 3.63) is 50.1 Å². The Morgan fingerprint density at radius 1 is 1.33 bits per heavy atom. The van der Waals surface area contributed by atoms with Gasteiger partial charge in [0.15, 0.2) is 0 Å². The fraction of sp³-hybridized carbons (Fsp3) is 0.214. The van der Waals surface area contributed by atoms with E-state index in [1.807, 2.05) is 18.2 Å². The van der Waals surface area contributed by atoms with E-state index in [-0.39, 0.29) is 6.04 Å². The molecule has 1 heterocycles. The van der Waals surface area contributed by atoms with E-state index in [0.29, 0.717) is 5.56 Å². The number of thiophene rings is 1. The average molecular weight is 321 g/mol. The van der Waals surface area contributed by atoms with Gasteiger partial charge in [0.25, 0.3) is 0 Å². The number of rotatable bonds is 3. The fourth-order valence-electron chi connectivity index (χ4n) is 1.75. The highest BCUT2D eigenvalue weighted by atomic mass is 79.9. The Balaban J connectivity index is 2.25. The van der Waals surface area contributed by atoms with E-state index in [9.17, 15) is 0 Å². The van der Waals surface area contributed by atoms with Gasteiger partial charge in [-0.2, -0.15) is 5.26 Å². The second-order valence-electron chi connectivity index (χ2n) is 4.09. The smallest absolute Gasteiger partial charge is 0.103 e. The van der Waals surface area contributed by atoms with Gasteiger partial charge in [0.2, 0.25) is 0 Å². The highest BCUT2D eigenvalue weighted by molar-refractivity contribution is 9.10. The molecule has 1 N–H and O–H groups in total. The second-order valence-corrected chi connectivity index (χ2v) is 6.26. The first kappa shape index (κ1) is 13.1. The standard InChI is InChI=1S/C14H13BrN2S/c1-9-6-7-14(18-9)10(2)17-13-5-3-4-12(15)11(13)8-16/h3-7,10,17H,1-2H3. The van der Waals surface area contributed by atoms with Crippen molar-refractivity contribution in [1.82, 2.24) is 0 Å². The molecule has 2 nitrogen and oxygen atoms in total. The van der Waals surface area contributed by atoms with Crippen LogP contribution < -0.4 is 5.32 Å². The monoisotopic (exact) mass is 320 g/mol. The number of nitrogens with one attached hydrogen (secondary N) is 1. The molecule has 0 spiro atoms. The van der Waals surface area contributed by atoms with E-state index in [0.717, 1.165) is 10.2 Å². The van der Waals surface area contributed by atoms with Crippen molar-refractivity contribution in [2.24, 2.45) is 0 Å². The van der Waals surface area contributed by atoms with E-state index < -0.39 is 0 Å². The minimum Gasteiger partial charge on any atom is -0.377 e. The van der Waals surface area contributed by atoms with Gasteiger partial charge in [0.05, 0.1) is 17.3 Å². The third kappa shape index (κ3) is 2.74. The van der Waals surface area contributed by atoms with Gasteiger partial charge in [0.1, 0.15) is 6.07 Å². The number of halogens is 1. The maximum absolute atomic E-state index is 9.17. The third-order valence-electron chi connectivity index (χ3n) is 2.69.